The monoisotopic (exact) mass is 441 g/mol. The van der Waals surface area contributed by atoms with E-state index in [4.69, 9.17) is 27.9 Å². The van der Waals surface area contributed by atoms with Crippen molar-refractivity contribution in [1.82, 2.24) is 5.43 Å². The van der Waals surface area contributed by atoms with Crippen LogP contribution in [0.5, 0.6) is 5.75 Å². The minimum Gasteiger partial charge on any atom is -0.489 e. The second-order valence-electron chi connectivity index (χ2n) is 6.11. The van der Waals surface area contributed by atoms with Gasteiger partial charge in [0.05, 0.1) is 6.21 Å². The van der Waals surface area contributed by atoms with Gasteiger partial charge in [-0.15, -0.1) is 0 Å². The lowest BCUT2D eigenvalue weighted by molar-refractivity contribution is -0.136. The Balaban J connectivity index is 1.48. The number of carbonyl (C=O) groups is 2. The first-order valence-corrected chi connectivity index (χ1v) is 9.63. The van der Waals surface area contributed by atoms with Gasteiger partial charge in [0, 0.05) is 21.3 Å². The summed E-state index contributed by atoms with van der Waals surface area (Å²) in [5.74, 6) is -1.08. The summed E-state index contributed by atoms with van der Waals surface area (Å²) in [5, 5.41) is 7.32. The minimum atomic E-state index is -0.897. The second-order valence-corrected chi connectivity index (χ2v) is 6.96. The Labute approximate surface area is 183 Å². The van der Waals surface area contributed by atoms with Crippen LogP contribution < -0.4 is 15.5 Å². The van der Waals surface area contributed by atoms with E-state index in [2.05, 4.69) is 15.8 Å². The van der Waals surface area contributed by atoms with Crippen molar-refractivity contribution in [2.45, 2.75) is 6.61 Å². The summed E-state index contributed by atoms with van der Waals surface area (Å²) in [5.41, 5.74) is 4.20. The van der Waals surface area contributed by atoms with E-state index >= 15 is 0 Å². The molecule has 0 unspecified atom stereocenters. The molecular weight excluding hydrogens is 425 g/mol. The summed E-state index contributed by atoms with van der Waals surface area (Å²) in [7, 11) is 0. The highest BCUT2D eigenvalue weighted by Gasteiger charge is 2.12. The van der Waals surface area contributed by atoms with Gasteiger partial charge in [-0.1, -0.05) is 47.5 Å². The summed E-state index contributed by atoms with van der Waals surface area (Å²) in [4.78, 5) is 23.7. The van der Waals surface area contributed by atoms with Crippen LogP contribution in [-0.4, -0.2) is 18.0 Å². The number of nitrogens with zero attached hydrogens (tertiary/aromatic N) is 1. The summed E-state index contributed by atoms with van der Waals surface area (Å²) in [6, 6.07) is 21.0. The fraction of sp³-hybridized carbons (Fsp3) is 0.0455. The molecule has 6 nitrogen and oxygen atoms in total. The molecular formula is C22H17Cl2N3O3. The molecule has 0 saturated carbocycles. The van der Waals surface area contributed by atoms with Crippen LogP contribution in [0.15, 0.2) is 77.9 Å². The zero-order valence-electron chi connectivity index (χ0n) is 15.6. The van der Waals surface area contributed by atoms with Gasteiger partial charge < -0.3 is 10.1 Å². The smallest absolute Gasteiger partial charge is 0.329 e. The number of amides is 2. The van der Waals surface area contributed by atoms with Crippen LogP contribution in [0, 0.1) is 0 Å². The van der Waals surface area contributed by atoms with Crippen molar-refractivity contribution in [1.29, 1.82) is 0 Å². The molecule has 0 aliphatic rings. The SMILES string of the molecule is O=C(N/N=C/c1ccc(OCc2ccccc2Cl)cc1)C(=O)Nc1cccc(Cl)c1. The van der Waals surface area contributed by atoms with Crippen LogP contribution in [0.2, 0.25) is 10.0 Å². The predicted molar refractivity (Wildman–Crippen MR) is 118 cm³/mol. The van der Waals surface area contributed by atoms with Crippen molar-refractivity contribution in [3.05, 3.63) is 94.0 Å². The molecule has 152 valence electrons. The summed E-state index contributed by atoms with van der Waals surface area (Å²) < 4.78 is 5.71. The van der Waals surface area contributed by atoms with Gasteiger partial charge in [0.15, 0.2) is 0 Å². The average Bonchev–Trinajstić information content (AvgIpc) is 2.74. The lowest BCUT2D eigenvalue weighted by Gasteiger charge is -2.07. The zero-order valence-corrected chi connectivity index (χ0v) is 17.2. The fourth-order valence-electron chi connectivity index (χ4n) is 2.40. The van der Waals surface area contributed by atoms with Gasteiger partial charge in [0.1, 0.15) is 12.4 Å². The third-order valence-corrected chi connectivity index (χ3v) is 4.50. The van der Waals surface area contributed by atoms with Crippen molar-refractivity contribution in [3.63, 3.8) is 0 Å². The second kappa shape index (κ2) is 10.4. The van der Waals surface area contributed by atoms with Gasteiger partial charge in [0.2, 0.25) is 0 Å². The Bertz CT molecular complexity index is 1070. The van der Waals surface area contributed by atoms with Crippen LogP contribution in [0.4, 0.5) is 5.69 Å². The summed E-state index contributed by atoms with van der Waals surface area (Å²) >= 11 is 11.9. The normalized spacial score (nSPS) is 10.6. The van der Waals surface area contributed by atoms with Crippen molar-refractivity contribution in [2.75, 3.05) is 5.32 Å². The van der Waals surface area contributed by atoms with E-state index in [0.717, 1.165) is 11.1 Å². The Morgan fingerprint density at radius 3 is 2.43 bits per heavy atom. The van der Waals surface area contributed by atoms with Crippen molar-refractivity contribution in [2.24, 2.45) is 5.10 Å². The quantitative estimate of drug-likeness (QED) is 0.331. The summed E-state index contributed by atoms with van der Waals surface area (Å²) in [6.45, 7) is 0.352. The molecule has 3 rings (SSSR count). The van der Waals surface area contributed by atoms with Gasteiger partial charge in [-0.2, -0.15) is 5.10 Å². The molecule has 0 atom stereocenters. The van der Waals surface area contributed by atoms with Crippen LogP contribution in [0.3, 0.4) is 0 Å². The topological polar surface area (TPSA) is 79.8 Å². The van der Waals surface area contributed by atoms with Gasteiger partial charge in [0.25, 0.3) is 0 Å². The van der Waals surface area contributed by atoms with Gasteiger partial charge in [-0.05, 0) is 54.1 Å². The Kier molecular flexibility index (Phi) is 7.43. The molecule has 0 bridgehead atoms. The van der Waals surface area contributed by atoms with Crippen LogP contribution >= 0.6 is 23.2 Å². The number of anilines is 1. The third-order valence-electron chi connectivity index (χ3n) is 3.90. The number of hydrogen-bond acceptors (Lipinski definition) is 4. The maximum atomic E-state index is 11.9. The molecule has 0 aromatic heterocycles. The third kappa shape index (κ3) is 6.34. The van der Waals surface area contributed by atoms with Crippen molar-refractivity contribution < 1.29 is 14.3 Å². The van der Waals surface area contributed by atoms with Gasteiger partial charge in [-0.3, -0.25) is 9.59 Å². The standard InChI is InChI=1S/C22H17Cl2N3O3/c23-17-5-3-6-18(12-17)26-21(28)22(29)27-25-13-15-8-10-19(11-9-15)30-14-16-4-1-2-7-20(16)24/h1-13H,14H2,(H,26,28)(H,27,29)/b25-13+. The first-order chi connectivity index (χ1) is 14.5. The van der Waals surface area contributed by atoms with Crippen LogP contribution in [-0.2, 0) is 16.2 Å². The Hall–Kier alpha value is -3.35. The molecule has 2 N–H and O–H groups in total. The van der Waals surface area contributed by atoms with E-state index in [1.807, 2.05) is 24.3 Å². The van der Waals surface area contributed by atoms with Crippen LogP contribution in [0.1, 0.15) is 11.1 Å². The number of carbonyl (C=O) groups excluding carboxylic acids is 2. The maximum Gasteiger partial charge on any atom is 0.329 e. The molecule has 0 fully saturated rings. The number of rotatable bonds is 6. The average molecular weight is 442 g/mol. The van der Waals surface area contributed by atoms with Crippen LogP contribution in [0.25, 0.3) is 0 Å². The molecule has 0 saturated heterocycles. The highest BCUT2D eigenvalue weighted by atomic mass is 35.5. The Morgan fingerprint density at radius 1 is 0.933 bits per heavy atom. The number of nitrogens with one attached hydrogen (secondary N) is 2. The Morgan fingerprint density at radius 2 is 1.70 bits per heavy atom. The van der Waals surface area contributed by atoms with Gasteiger partial charge >= 0.3 is 11.8 Å². The number of ether oxygens (including phenoxy) is 1. The van der Waals surface area contributed by atoms with E-state index in [1.54, 1.807) is 42.5 Å². The van der Waals surface area contributed by atoms with E-state index in [0.29, 0.717) is 28.1 Å². The molecule has 30 heavy (non-hydrogen) atoms. The molecule has 3 aromatic carbocycles. The molecule has 0 aliphatic carbocycles. The van der Waals surface area contributed by atoms with E-state index < -0.39 is 11.8 Å². The highest BCUT2D eigenvalue weighted by molar-refractivity contribution is 6.39. The predicted octanol–water partition coefficient (Wildman–Crippen LogP) is 4.66. The maximum absolute atomic E-state index is 11.9. The van der Waals surface area contributed by atoms with E-state index in [1.165, 1.54) is 12.3 Å². The number of hydrogen-bond donors (Lipinski definition) is 2. The van der Waals surface area contributed by atoms with E-state index in [-0.39, 0.29) is 0 Å². The van der Waals surface area contributed by atoms with Crippen molar-refractivity contribution >= 4 is 46.9 Å². The highest BCUT2D eigenvalue weighted by Crippen LogP contribution is 2.19. The zero-order chi connectivity index (χ0) is 21.3. The molecule has 0 radical (unpaired) electrons. The molecule has 3 aromatic rings. The molecule has 0 spiro atoms. The van der Waals surface area contributed by atoms with Crippen molar-refractivity contribution in [3.8, 4) is 5.75 Å². The molecule has 8 heteroatoms. The number of hydrazone groups is 1. The van der Waals surface area contributed by atoms with Gasteiger partial charge in [-0.25, -0.2) is 5.43 Å². The molecule has 0 aliphatic heterocycles. The fourth-order valence-corrected chi connectivity index (χ4v) is 2.78. The number of halogens is 2. The first-order valence-electron chi connectivity index (χ1n) is 8.87. The summed E-state index contributed by atoms with van der Waals surface area (Å²) in [6.07, 6.45) is 1.42. The lowest BCUT2D eigenvalue weighted by Crippen LogP contribution is -2.32. The number of benzene rings is 3. The lowest BCUT2D eigenvalue weighted by atomic mass is 10.2. The minimum absolute atomic E-state index is 0.352. The van der Waals surface area contributed by atoms with E-state index in [9.17, 15) is 9.59 Å². The largest absolute Gasteiger partial charge is 0.489 e. The molecule has 0 heterocycles. The molecule has 2 amide bonds. The first kappa shape index (κ1) is 21.4.